The first-order chi connectivity index (χ1) is 15.3. The van der Waals surface area contributed by atoms with Gasteiger partial charge in [-0.15, -0.1) is 0 Å². The molecule has 146 valence electrons. The van der Waals surface area contributed by atoms with Crippen LogP contribution >= 0.6 is 0 Å². The number of nitrogens with zero attached hydrogens (tertiary/aromatic N) is 2. The van der Waals surface area contributed by atoms with Gasteiger partial charge in [0.25, 0.3) is 6.71 Å². The van der Waals surface area contributed by atoms with E-state index in [1.807, 2.05) is 60.1 Å². The molecule has 2 aliphatic heterocycles. The van der Waals surface area contributed by atoms with Crippen LogP contribution in [-0.2, 0) is 7.05 Å². The van der Waals surface area contributed by atoms with Gasteiger partial charge in [0.1, 0.15) is 23.0 Å². The monoisotopic (exact) mass is 400 g/mol. The SMILES string of the molecule is C[n+]1[c-]n(-c2ccccc2)c2cc3c(cc21)Oc1cccc2c1B3c1ccccc1O2. The van der Waals surface area contributed by atoms with Crippen molar-refractivity contribution < 1.29 is 14.0 Å². The van der Waals surface area contributed by atoms with Crippen molar-refractivity contribution in [2.24, 2.45) is 7.05 Å². The summed E-state index contributed by atoms with van der Waals surface area (Å²) in [5.41, 5.74) is 6.66. The van der Waals surface area contributed by atoms with E-state index in [0.717, 1.165) is 56.1 Å². The van der Waals surface area contributed by atoms with Crippen molar-refractivity contribution >= 4 is 34.1 Å². The third-order valence-corrected chi connectivity index (χ3v) is 6.27. The average molecular weight is 400 g/mol. The lowest BCUT2D eigenvalue weighted by Gasteiger charge is -2.33. The summed E-state index contributed by atoms with van der Waals surface area (Å²) in [4.78, 5) is 0. The molecular weight excluding hydrogens is 383 g/mol. The van der Waals surface area contributed by atoms with E-state index in [1.54, 1.807) is 0 Å². The number of hydrogen-bond donors (Lipinski definition) is 0. The lowest BCUT2D eigenvalue weighted by atomic mass is 9.35. The maximum Gasteiger partial charge on any atom is 0.259 e. The minimum atomic E-state index is 0.0636. The van der Waals surface area contributed by atoms with Crippen molar-refractivity contribution in [1.29, 1.82) is 0 Å². The van der Waals surface area contributed by atoms with Crippen molar-refractivity contribution in [2.75, 3.05) is 0 Å². The summed E-state index contributed by atoms with van der Waals surface area (Å²) < 4.78 is 16.8. The Hall–Kier alpha value is -3.99. The van der Waals surface area contributed by atoms with E-state index in [9.17, 15) is 0 Å². The molecule has 0 bridgehead atoms. The Kier molecular flexibility index (Phi) is 3.26. The molecule has 0 spiro atoms. The van der Waals surface area contributed by atoms with E-state index in [-0.39, 0.29) is 6.71 Å². The maximum atomic E-state index is 6.40. The third kappa shape index (κ3) is 2.29. The normalized spacial score (nSPS) is 13.1. The average Bonchev–Trinajstić information content (AvgIpc) is 3.13. The topological polar surface area (TPSA) is 27.3 Å². The Morgan fingerprint density at radius 3 is 2.29 bits per heavy atom. The number of rotatable bonds is 1. The molecule has 1 aromatic heterocycles. The molecule has 0 fully saturated rings. The fourth-order valence-electron chi connectivity index (χ4n) is 4.88. The predicted molar refractivity (Wildman–Crippen MR) is 121 cm³/mol. The molecular formula is C26H17BN2O2. The zero-order valence-electron chi connectivity index (χ0n) is 16.9. The number of aromatic nitrogens is 2. The molecule has 0 aliphatic carbocycles. The van der Waals surface area contributed by atoms with Gasteiger partial charge in [-0.3, -0.25) is 0 Å². The van der Waals surface area contributed by atoms with Gasteiger partial charge in [0, 0.05) is 5.46 Å². The number of para-hydroxylation sites is 2. The van der Waals surface area contributed by atoms with Crippen LogP contribution in [0.3, 0.4) is 0 Å². The minimum absolute atomic E-state index is 0.0636. The fraction of sp³-hybridized carbons (Fsp3) is 0.0385. The molecule has 0 N–H and O–H groups in total. The summed E-state index contributed by atoms with van der Waals surface area (Å²) in [6.07, 6.45) is 3.44. The summed E-state index contributed by atoms with van der Waals surface area (Å²) >= 11 is 0. The second kappa shape index (κ2) is 6.02. The molecule has 5 aromatic rings. The zero-order valence-corrected chi connectivity index (χ0v) is 16.9. The molecule has 4 aromatic carbocycles. The van der Waals surface area contributed by atoms with Crippen LogP contribution in [0.1, 0.15) is 0 Å². The molecule has 4 nitrogen and oxygen atoms in total. The molecule has 0 atom stereocenters. The van der Waals surface area contributed by atoms with Crippen LogP contribution in [0.2, 0.25) is 0 Å². The van der Waals surface area contributed by atoms with Gasteiger partial charge in [0.15, 0.2) is 0 Å². The Morgan fingerprint density at radius 1 is 0.742 bits per heavy atom. The minimum Gasteiger partial charge on any atom is -0.459 e. The molecule has 31 heavy (non-hydrogen) atoms. The molecule has 7 rings (SSSR count). The smallest absolute Gasteiger partial charge is 0.259 e. The largest absolute Gasteiger partial charge is 0.459 e. The van der Waals surface area contributed by atoms with Crippen molar-refractivity contribution in [2.45, 2.75) is 0 Å². The van der Waals surface area contributed by atoms with Gasteiger partial charge >= 0.3 is 0 Å². The number of fused-ring (bicyclic) bond motifs is 5. The molecule has 0 saturated heterocycles. The van der Waals surface area contributed by atoms with Crippen molar-refractivity contribution in [1.82, 2.24) is 4.57 Å². The first-order valence-electron chi connectivity index (χ1n) is 10.4. The third-order valence-electron chi connectivity index (χ3n) is 6.27. The van der Waals surface area contributed by atoms with Crippen molar-refractivity contribution in [3.8, 4) is 28.7 Å². The van der Waals surface area contributed by atoms with Gasteiger partial charge in [-0.25, -0.2) is 0 Å². The molecule has 2 aliphatic rings. The van der Waals surface area contributed by atoms with Crippen LogP contribution in [0.4, 0.5) is 0 Å². The first-order valence-corrected chi connectivity index (χ1v) is 10.4. The van der Waals surface area contributed by atoms with Crippen molar-refractivity contribution in [3.63, 3.8) is 0 Å². The predicted octanol–water partition coefficient (Wildman–Crippen LogP) is 2.98. The van der Waals surface area contributed by atoms with Crippen LogP contribution < -0.4 is 30.4 Å². The van der Waals surface area contributed by atoms with Crippen LogP contribution in [0.25, 0.3) is 16.7 Å². The summed E-state index contributed by atoms with van der Waals surface area (Å²) in [5.74, 6) is 3.51. The molecule has 0 amide bonds. The highest BCUT2D eigenvalue weighted by molar-refractivity contribution is 6.98. The van der Waals surface area contributed by atoms with Crippen LogP contribution in [0.5, 0.6) is 23.0 Å². The Bertz CT molecular complexity index is 1510. The van der Waals surface area contributed by atoms with Gasteiger partial charge in [-0.2, -0.15) is 0 Å². The standard InChI is InChI=1S/C26H17BN2O2/c1-28-16-29(17-8-3-2-4-9-17)21-14-19-25(15-20(21)28)31-24-13-7-12-23-26(24)27(19)18-10-5-6-11-22(18)30-23/h2-15H,1H3. The molecule has 0 saturated carbocycles. The van der Waals surface area contributed by atoms with Crippen molar-refractivity contribution in [3.05, 3.63) is 91.3 Å². The van der Waals surface area contributed by atoms with Gasteiger partial charge < -0.3 is 18.6 Å². The zero-order chi connectivity index (χ0) is 20.5. The highest BCUT2D eigenvalue weighted by atomic mass is 16.5. The summed E-state index contributed by atoms with van der Waals surface area (Å²) in [5, 5.41) is 0. The first kappa shape index (κ1) is 16.8. The van der Waals surface area contributed by atoms with Crippen LogP contribution in [-0.4, -0.2) is 11.3 Å². The van der Waals surface area contributed by atoms with E-state index in [0.29, 0.717) is 0 Å². The van der Waals surface area contributed by atoms with E-state index in [1.165, 1.54) is 0 Å². The summed E-state index contributed by atoms with van der Waals surface area (Å²) in [6, 6.07) is 29.0. The maximum absolute atomic E-state index is 6.40. The summed E-state index contributed by atoms with van der Waals surface area (Å²) in [6.45, 7) is 0.0636. The van der Waals surface area contributed by atoms with Crippen LogP contribution in [0, 0.1) is 6.33 Å². The fourth-order valence-corrected chi connectivity index (χ4v) is 4.88. The lowest BCUT2D eigenvalue weighted by Crippen LogP contribution is -2.57. The number of aryl methyl sites for hydroxylation is 1. The lowest BCUT2D eigenvalue weighted by molar-refractivity contribution is -0.649. The Morgan fingerprint density at radius 2 is 1.45 bits per heavy atom. The summed E-state index contributed by atoms with van der Waals surface area (Å²) in [7, 11) is 2.02. The number of imidazole rings is 1. The highest BCUT2D eigenvalue weighted by Gasteiger charge is 2.39. The Balaban J connectivity index is 1.54. The van der Waals surface area contributed by atoms with E-state index < -0.39 is 0 Å². The number of ether oxygens (including phenoxy) is 2. The highest BCUT2D eigenvalue weighted by Crippen LogP contribution is 2.35. The van der Waals surface area contributed by atoms with Gasteiger partial charge in [0.2, 0.25) is 6.33 Å². The van der Waals surface area contributed by atoms with E-state index in [2.05, 4.69) is 47.3 Å². The van der Waals surface area contributed by atoms with Gasteiger partial charge in [0.05, 0.1) is 23.8 Å². The number of benzene rings is 4. The van der Waals surface area contributed by atoms with E-state index in [4.69, 9.17) is 9.47 Å². The Labute approximate surface area is 180 Å². The van der Waals surface area contributed by atoms with Gasteiger partial charge in [-0.1, -0.05) is 60.7 Å². The second-order valence-corrected chi connectivity index (χ2v) is 8.05. The molecule has 0 radical (unpaired) electrons. The molecule has 0 unspecified atom stereocenters. The van der Waals surface area contributed by atoms with Crippen LogP contribution in [0.15, 0.2) is 84.9 Å². The molecule has 5 heteroatoms. The second-order valence-electron chi connectivity index (χ2n) is 8.05. The van der Waals surface area contributed by atoms with E-state index >= 15 is 0 Å². The van der Waals surface area contributed by atoms with Gasteiger partial charge in [-0.05, 0) is 35.2 Å². The number of hydrogen-bond acceptors (Lipinski definition) is 2. The molecule has 3 heterocycles. The quantitative estimate of drug-likeness (QED) is 0.241.